The molecule has 0 aromatic heterocycles. The molecular weight excluding hydrogens is 352 g/mol. The van der Waals surface area contributed by atoms with Gasteiger partial charge in [-0.1, -0.05) is 30.3 Å². The minimum Gasteiger partial charge on any atom is -0.494 e. The van der Waals surface area contributed by atoms with Gasteiger partial charge in [-0.25, -0.2) is 8.42 Å². The van der Waals surface area contributed by atoms with E-state index in [0.29, 0.717) is 18.0 Å². The molecule has 0 aliphatic rings. The van der Waals surface area contributed by atoms with Gasteiger partial charge in [0.05, 0.1) is 24.6 Å². The standard InChI is InChI=1S/C19H24N2O4S/c1-4-25-18-12-10-17(11-13-18)21(26(3,23)24)14-19(22)20-15(2)16-8-6-5-7-9-16/h5-13,15H,4,14H2,1-3H3,(H,20,22)/t15-/m0/s1. The number of sulfonamides is 1. The highest BCUT2D eigenvalue weighted by Crippen LogP contribution is 2.21. The van der Waals surface area contributed by atoms with E-state index in [1.165, 1.54) is 0 Å². The third-order valence-corrected chi connectivity index (χ3v) is 4.94. The lowest BCUT2D eigenvalue weighted by Crippen LogP contribution is -2.41. The van der Waals surface area contributed by atoms with Crippen LogP contribution >= 0.6 is 0 Å². The predicted molar refractivity (Wildman–Crippen MR) is 103 cm³/mol. The van der Waals surface area contributed by atoms with Crippen LogP contribution in [0.25, 0.3) is 0 Å². The number of hydrogen-bond acceptors (Lipinski definition) is 4. The number of hydrogen-bond donors (Lipinski definition) is 1. The highest BCUT2D eigenvalue weighted by atomic mass is 32.2. The third-order valence-electron chi connectivity index (χ3n) is 3.80. The van der Waals surface area contributed by atoms with Crippen molar-refractivity contribution in [2.75, 3.05) is 23.7 Å². The highest BCUT2D eigenvalue weighted by molar-refractivity contribution is 7.92. The van der Waals surface area contributed by atoms with Crippen LogP contribution in [0.5, 0.6) is 5.75 Å². The summed E-state index contributed by atoms with van der Waals surface area (Å²) in [6.07, 6.45) is 1.08. The van der Waals surface area contributed by atoms with Crippen molar-refractivity contribution < 1.29 is 17.9 Å². The minimum absolute atomic E-state index is 0.217. The minimum atomic E-state index is -3.61. The Morgan fingerprint density at radius 2 is 1.73 bits per heavy atom. The van der Waals surface area contributed by atoms with Gasteiger partial charge in [-0.3, -0.25) is 9.10 Å². The Kier molecular flexibility index (Phi) is 6.63. The van der Waals surface area contributed by atoms with E-state index in [0.717, 1.165) is 16.1 Å². The molecule has 1 atom stereocenters. The SMILES string of the molecule is CCOc1ccc(N(CC(=O)N[C@@H](C)c2ccccc2)S(C)(=O)=O)cc1. The van der Waals surface area contributed by atoms with Crippen molar-refractivity contribution in [1.82, 2.24) is 5.32 Å². The van der Waals surface area contributed by atoms with Crippen molar-refractivity contribution in [2.45, 2.75) is 19.9 Å². The average Bonchev–Trinajstić information content (AvgIpc) is 2.60. The van der Waals surface area contributed by atoms with Gasteiger partial charge in [-0.05, 0) is 43.7 Å². The molecule has 0 spiro atoms. The zero-order chi connectivity index (χ0) is 19.2. The molecule has 1 amide bonds. The summed E-state index contributed by atoms with van der Waals surface area (Å²) in [6, 6.07) is 15.9. The van der Waals surface area contributed by atoms with Crippen LogP contribution < -0.4 is 14.4 Å². The maximum absolute atomic E-state index is 12.4. The van der Waals surface area contributed by atoms with Crippen LogP contribution in [-0.2, 0) is 14.8 Å². The smallest absolute Gasteiger partial charge is 0.241 e. The van der Waals surface area contributed by atoms with Crippen LogP contribution in [0.1, 0.15) is 25.5 Å². The molecule has 6 nitrogen and oxygen atoms in total. The molecule has 0 radical (unpaired) electrons. The van der Waals surface area contributed by atoms with E-state index in [-0.39, 0.29) is 18.5 Å². The molecule has 140 valence electrons. The summed E-state index contributed by atoms with van der Waals surface area (Å²) >= 11 is 0. The van der Waals surface area contributed by atoms with Gasteiger partial charge in [-0.15, -0.1) is 0 Å². The molecule has 0 unspecified atom stereocenters. The number of benzene rings is 2. The fourth-order valence-corrected chi connectivity index (χ4v) is 3.37. The van der Waals surface area contributed by atoms with Crippen LogP contribution in [-0.4, -0.2) is 33.7 Å². The molecule has 0 saturated carbocycles. The lowest BCUT2D eigenvalue weighted by atomic mass is 10.1. The van der Waals surface area contributed by atoms with Gasteiger partial charge in [-0.2, -0.15) is 0 Å². The monoisotopic (exact) mass is 376 g/mol. The van der Waals surface area contributed by atoms with Gasteiger partial charge < -0.3 is 10.1 Å². The van der Waals surface area contributed by atoms with E-state index >= 15 is 0 Å². The average molecular weight is 376 g/mol. The Bertz CT molecular complexity index is 820. The topological polar surface area (TPSA) is 75.7 Å². The van der Waals surface area contributed by atoms with Crippen LogP contribution in [0.3, 0.4) is 0 Å². The normalized spacial score (nSPS) is 12.3. The first-order chi connectivity index (χ1) is 12.3. The second-order valence-electron chi connectivity index (χ2n) is 5.90. The number of rotatable bonds is 8. The number of amides is 1. The zero-order valence-electron chi connectivity index (χ0n) is 15.2. The van der Waals surface area contributed by atoms with Crippen LogP contribution in [0.15, 0.2) is 54.6 Å². The predicted octanol–water partition coefficient (Wildman–Crippen LogP) is 2.73. The van der Waals surface area contributed by atoms with Gasteiger partial charge in [0.15, 0.2) is 0 Å². The van der Waals surface area contributed by atoms with Crippen LogP contribution in [0, 0.1) is 0 Å². The number of ether oxygens (including phenoxy) is 1. The summed E-state index contributed by atoms with van der Waals surface area (Å²) in [5, 5.41) is 2.83. The maximum atomic E-state index is 12.4. The van der Waals surface area contributed by atoms with Gasteiger partial charge in [0.25, 0.3) is 0 Å². The zero-order valence-corrected chi connectivity index (χ0v) is 16.0. The van der Waals surface area contributed by atoms with Crippen LogP contribution in [0.4, 0.5) is 5.69 Å². The first-order valence-corrected chi connectivity index (χ1v) is 10.2. The van der Waals surface area contributed by atoms with Crippen molar-refractivity contribution in [3.8, 4) is 5.75 Å². The Morgan fingerprint density at radius 1 is 1.12 bits per heavy atom. The molecule has 0 saturated heterocycles. The molecule has 2 aromatic rings. The molecule has 26 heavy (non-hydrogen) atoms. The summed E-state index contributed by atoms with van der Waals surface area (Å²) in [7, 11) is -3.61. The van der Waals surface area contributed by atoms with Gasteiger partial charge >= 0.3 is 0 Å². The van der Waals surface area contributed by atoms with E-state index in [2.05, 4.69) is 5.32 Å². The first-order valence-electron chi connectivity index (χ1n) is 8.36. The number of nitrogens with zero attached hydrogens (tertiary/aromatic N) is 1. The van der Waals surface area contributed by atoms with E-state index in [9.17, 15) is 13.2 Å². The number of nitrogens with one attached hydrogen (secondary N) is 1. The number of carbonyl (C=O) groups is 1. The van der Waals surface area contributed by atoms with Crippen molar-refractivity contribution in [3.63, 3.8) is 0 Å². The molecule has 0 bridgehead atoms. The number of anilines is 1. The Balaban J connectivity index is 2.11. The lowest BCUT2D eigenvalue weighted by molar-refractivity contribution is -0.120. The summed E-state index contributed by atoms with van der Waals surface area (Å²) in [5.74, 6) is 0.271. The van der Waals surface area contributed by atoms with E-state index in [4.69, 9.17) is 4.74 Å². The first kappa shape index (κ1) is 19.8. The maximum Gasteiger partial charge on any atom is 0.241 e. The fourth-order valence-electron chi connectivity index (χ4n) is 2.52. The van der Waals surface area contributed by atoms with E-state index < -0.39 is 10.0 Å². The molecule has 0 aliphatic carbocycles. The molecule has 1 N–H and O–H groups in total. The Hall–Kier alpha value is -2.54. The molecule has 2 aromatic carbocycles. The van der Waals surface area contributed by atoms with Crippen molar-refractivity contribution in [3.05, 3.63) is 60.2 Å². The lowest BCUT2D eigenvalue weighted by Gasteiger charge is -2.23. The van der Waals surface area contributed by atoms with Crippen molar-refractivity contribution in [1.29, 1.82) is 0 Å². The summed E-state index contributed by atoms with van der Waals surface area (Å²) in [6.45, 7) is 3.96. The van der Waals surface area contributed by atoms with E-state index in [1.807, 2.05) is 44.2 Å². The molecule has 0 fully saturated rings. The Labute approximate surface area is 154 Å². The van der Waals surface area contributed by atoms with Crippen LogP contribution in [0.2, 0.25) is 0 Å². The Morgan fingerprint density at radius 3 is 2.27 bits per heavy atom. The van der Waals surface area contributed by atoms with Gasteiger partial charge in [0.1, 0.15) is 12.3 Å². The highest BCUT2D eigenvalue weighted by Gasteiger charge is 2.22. The number of carbonyl (C=O) groups excluding carboxylic acids is 1. The largest absolute Gasteiger partial charge is 0.494 e. The third kappa shape index (κ3) is 5.49. The molecule has 0 heterocycles. The van der Waals surface area contributed by atoms with Gasteiger partial charge in [0, 0.05) is 0 Å². The summed E-state index contributed by atoms with van der Waals surface area (Å²) < 4.78 is 30.7. The molecule has 2 rings (SSSR count). The second-order valence-corrected chi connectivity index (χ2v) is 7.80. The summed E-state index contributed by atoms with van der Waals surface area (Å²) in [4.78, 5) is 12.4. The molecule has 7 heteroatoms. The fraction of sp³-hybridized carbons (Fsp3) is 0.316. The molecular formula is C19H24N2O4S. The summed E-state index contributed by atoms with van der Waals surface area (Å²) in [5.41, 5.74) is 1.37. The second kappa shape index (κ2) is 8.71. The van der Waals surface area contributed by atoms with E-state index in [1.54, 1.807) is 24.3 Å². The quantitative estimate of drug-likeness (QED) is 0.769. The van der Waals surface area contributed by atoms with Crippen molar-refractivity contribution >= 4 is 21.6 Å². The van der Waals surface area contributed by atoms with Gasteiger partial charge in [0.2, 0.25) is 15.9 Å². The molecule has 0 aliphatic heterocycles. The van der Waals surface area contributed by atoms with Crippen molar-refractivity contribution in [2.24, 2.45) is 0 Å².